The van der Waals surface area contributed by atoms with E-state index in [1.165, 1.54) is 17.2 Å². The van der Waals surface area contributed by atoms with Crippen LogP contribution in [0.2, 0.25) is 0 Å². The van der Waals surface area contributed by atoms with Crippen LogP contribution in [0.5, 0.6) is 5.75 Å². The topological polar surface area (TPSA) is 89.2 Å². The van der Waals surface area contributed by atoms with Crippen molar-refractivity contribution in [3.05, 3.63) is 65.3 Å². The average Bonchev–Trinajstić information content (AvgIpc) is 3.46. The number of Topliss-reactive ketones (excluding diaryl/α,β-unsaturated/α-hetero) is 1. The number of nitrogens with zero attached hydrogens (tertiary/aromatic N) is 1. The number of ether oxygens (including phenoxy) is 2. The van der Waals surface area contributed by atoms with Crippen LogP contribution < -0.4 is 4.74 Å². The van der Waals surface area contributed by atoms with Gasteiger partial charge in [-0.05, 0) is 42.7 Å². The van der Waals surface area contributed by atoms with Crippen molar-refractivity contribution in [3.63, 3.8) is 0 Å². The third kappa shape index (κ3) is 3.18. The second-order valence-electron chi connectivity index (χ2n) is 6.84. The summed E-state index contributed by atoms with van der Waals surface area (Å²) < 4.78 is 16.1. The fourth-order valence-electron chi connectivity index (χ4n) is 3.75. The molecule has 1 aromatic heterocycles. The molecule has 0 unspecified atom stereocenters. The molecule has 2 atom stereocenters. The Balaban J connectivity index is 1.74. The summed E-state index contributed by atoms with van der Waals surface area (Å²) in [6.07, 6.45) is 3.03. The van der Waals surface area contributed by atoms with Gasteiger partial charge in [-0.3, -0.25) is 9.59 Å². The first-order valence-electron chi connectivity index (χ1n) is 9.18. The number of rotatable bonds is 6. The van der Waals surface area contributed by atoms with Crippen molar-refractivity contribution < 1.29 is 28.6 Å². The number of hydrogen-bond donors (Lipinski definition) is 1. The molecule has 2 aromatic rings. The molecule has 4 rings (SSSR count). The monoisotopic (exact) mass is 383 g/mol. The third-order valence-corrected chi connectivity index (χ3v) is 5.15. The molecule has 3 heterocycles. The second-order valence-corrected chi connectivity index (χ2v) is 6.84. The zero-order valence-electron chi connectivity index (χ0n) is 15.5. The van der Waals surface area contributed by atoms with Crippen molar-refractivity contribution in [2.24, 2.45) is 0 Å². The van der Waals surface area contributed by atoms with Crippen LogP contribution in [0.15, 0.2) is 58.4 Å². The van der Waals surface area contributed by atoms with E-state index in [-0.39, 0.29) is 17.4 Å². The van der Waals surface area contributed by atoms with Gasteiger partial charge in [-0.1, -0.05) is 12.1 Å². The highest BCUT2D eigenvalue weighted by Gasteiger charge is 2.45. The molecule has 0 spiro atoms. The molecule has 1 fully saturated rings. The maximum Gasteiger partial charge on any atom is 0.290 e. The van der Waals surface area contributed by atoms with Gasteiger partial charge in [0.15, 0.2) is 11.5 Å². The number of aliphatic hydroxyl groups is 1. The lowest BCUT2D eigenvalue weighted by molar-refractivity contribution is -0.131. The lowest BCUT2D eigenvalue weighted by atomic mass is 9.95. The maximum absolute atomic E-state index is 13.0. The van der Waals surface area contributed by atoms with Crippen molar-refractivity contribution >= 4 is 11.7 Å². The minimum absolute atomic E-state index is 0.0168. The van der Waals surface area contributed by atoms with E-state index in [0.29, 0.717) is 24.5 Å². The van der Waals surface area contributed by atoms with Gasteiger partial charge >= 0.3 is 0 Å². The van der Waals surface area contributed by atoms with Gasteiger partial charge in [0.2, 0.25) is 5.78 Å². The summed E-state index contributed by atoms with van der Waals surface area (Å²) in [5.74, 6) is -0.893. The van der Waals surface area contributed by atoms with Crippen molar-refractivity contribution in [2.75, 3.05) is 20.3 Å². The van der Waals surface area contributed by atoms with Gasteiger partial charge in [-0.15, -0.1) is 0 Å². The molecule has 1 aromatic carbocycles. The largest absolute Gasteiger partial charge is 0.503 e. The van der Waals surface area contributed by atoms with Gasteiger partial charge in [-0.25, -0.2) is 0 Å². The summed E-state index contributed by atoms with van der Waals surface area (Å²) in [6.45, 7) is 0.950. The van der Waals surface area contributed by atoms with Crippen molar-refractivity contribution in [1.82, 2.24) is 4.90 Å². The van der Waals surface area contributed by atoms with E-state index in [1.54, 1.807) is 37.4 Å². The summed E-state index contributed by atoms with van der Waals surface area (Å²) in [5.41, 5.74) is 0.717. The molecule has 146 valence electrons. The summed E-state index contributed by atoms with van der Waals surface area (Å²) in [7, 11) is 1.56. The van der Waals surface area contributed by atoms with Crippen molar-refractivity contribution in [2.45, 2.75) is 25.0 Å². The molecule has 0 aliphatic carbocycles. The van der Waals surface area contributed by atoms with Gasteiger partial charge in [0.25, 0.3) is 5.91 Å². The molecule has 2 aliphatic rings. The summed E-state index contributed by atoms with van der Waals surface area (Å²) in [6, 6.07) is 9.47. The number of carbonyl (C=O) groups is 2. The van der Waals surface area contributed by atoms with E-state index in [0.717, 1.165) is 12.8 Å². The van der Waals surface area contributed by atoms with Gasteiger partial charge in [-0.2, -0.15) is 0 Å². The Bertz CT molecular complexity index is 893. The zero-order valence-corrected chi connectivity index (χ0v) is 15.5. The van der Waals surface area contributed by atoms with E-state index in [2.05, 4.69) is 0 Å². The SMILES string of the molecule is COc1ccc([C@@H]2C(C(=O)c3ccco3)=C(O)C(=O)N2C[C@@H]2CCCO2)cc1. The van der Waals surface area contributed by atoms with Crippen LogP contribution in [-0.2, 0) is 9.53 Å². The van der Waals surface area contributed by atoms with Crippen LogP contribution >= 0.6 is 0 Å². The summed E-state index contributed by atoms with van der Waals surface area (Å²) >= 11 is 0. The van der Waals surface area contributed by atoms with Crippen molar-refractivity contribution in [3.8, 4) is 5.75 Å². The average molecular weight is 383 g/mol. The Morgan fingerprint density at radius 3 is 2.68 bits per heavy atom. The number of benzene rings is 1. The first kappa shape index (κ1) is 18.3. The maximum atomic E-state index is 13.0. The Morgan fingerprint density at radius 1 is 1.29 bits per heavy atom. The highest BCUT2D eigenvalue weighted by molar-refractivity contribution is 6.15. The standard InChI is InChI=1S/C21H21NO6/c1-26-14-8-6-13(7-9-14)18-17(19(23)16-5-3-11-28-16)20(24)21(25)22(18)12-15-4-2-10-27-15/h3,5-9,11,15,18,24H,2,4,10,12H2,1H3/t15-,18+/m0/s1. The number of aliphatic hydroxyl groups excluding tert-OH is 1. The molecule has 1 N–H and O–H groups in total. The fourth-order valence-corrected chi connectivity index (χ4v) is 3.75. The lowest BCUT2D eigenvalue weighted by Gasteiger charge is -2.28. The van der Waals surface area contributed by atoms with Crippen LogP contribution in [0.4, 0.5) is 0 Å². The molecule has 0 radical (unpaired) electrons. The molecular formula is C21H21NO6. The van der Waals surface area contributed by atoms with Crippen LogP contribution in [-0.4, -0.2) is 48.1 Å². The fraction of sp³-hybridized carbons (Fsp3) is 0.333. The Labute approximate surface area is 162 Å². The number of hydrogen-bond acceptors (Lipinski definition) is 6. The van der Waals surface area contributed by atoms with Gasteiger partial charge in [0.1, 0.15) is 5.75 Å². The first-order valence-corrected chi connectivity index (χ1v) is 9.18. The van der Waals surface area contributed by atoms with E-state index >= 15 is 0 Å². The van der Waals surface area contributed by atoms with Crippen LogP contribution in [0.25, 0.3) is 0 Å². The first-order chi connectivity index (χ1) is 13.6. The zero-order chi connectivity index (χ0) is 19.7. The molecule has 7 nitrogen and oxygen atoms in total. The van der Waals surface area contributed by atoms with E-state index in [1.807, 2.05) is 0 Å². The number of furan rings is 1. The van der Waals surface area contributed by atoms with E-state index in [4.69, 9.17) is 13.9 Å². The number of carbonyl (C=O) groups excluding carboxylic acids is 2. The highest BCUT2D eigenvalue weighted by atomic mass is 16.5. The molecule has 0 bridgehead atoms. The Hall–Kier alpha value is -3.06. The van der Waals surface area contributed by atoms with Crippen LogP contribution in [0, 0.1) is 0 Å². The molecule has 28 heavy (non-hydrogen) atoms. The van der Waals surface area contributed by atoms with E-state index < -0.39 is 23.5 Å². The molecule has 0 saturated carbocycles. The quantitative estimate of drug-likeness (QED) is 0.772. The van der Waals surface area contributed by atoms with Gasteiger partial charge < -0.3 is 23.9 Å². The smallest absolute Gasteiger partial charge is 0.290 e. The van der Waals surface area contributed by atoms with E-state index in [9.17, 15) is 14.7 Å². The lowest BCUT2D eigenvalue weighted by Crippen LogP contribution is -2.37. The normalized spacial score (nSPS) is 22.2. The number of amides is 1. The van der Waals surface area contributed by atoms with Crippen LogP contribution in [0.3, 0.4) is 0 Å². The molecule has 1 amide bonds. The van der Waals surface area contributed by atoms with Gasteiger partial charge in [0, 0.05) is 13.2 Å². The second kappa shape index (κ2) is 7.52. The van der Waals surface area contributed by atoms with Crippen molar-refractivity contribution in [1.29, 1.82) is 0 Å². The minimum Gasteiger partial charge on any atom is -0.503 e. The minimum atomic E-state index is -0.722. The summed E-state index contributed by atoms with van der Waals surface area (Å²) in [4.78, 5) is 27.3. The highest BCUT2D eigenvalue weighted by Crippen LogP contribution is 2.40. The predicted octanol–water partition coefficient (Wildman–Crippen LogP) is 3.05. The molecule has 7 heteroatoms. The summed E-state index contributed by atoms with van der Waals surface area (Å²) in [5, 5.41) is 10.6. The number of ketones is 1. The number of methoxy groups -OCH3 is 1. The molecule has 2 aliphatic heterocycles. The third-order valence-electron chi connectivity index (χ3n) is 5.15. The Kier molecular flexibility index (Phi) is 4.92. The Morgan fingerprint density at radius 2 is 2.07 bits per heavy atom. The van der Waals surface area contributed by atoms with Gasteiger partial charge in [0.05, 0.1) is 31.1 Å². The predicted molar refractivity (Wildman–Crippen MR) is 99.1 cm³/mol. The molecule has 1 saturated heterocycles. The molecular weight excluding hydrogens is 362 g/mol. The van der Waals surface area contributed by atoms with Crippen LogP contribution in [0.1, 0.15) is 35.0 Å².